The Bertz CT molecular complexity index is 567. The number of ether oxygens (including phenoxy) is 2. The zero-order valence-corrected chi connectivity index (χ0v) is 14.3. The third-order valence-corrected chi connectivity index (χ3v) is 3.79. The fourth-order valence-corrected chi connectivity index (χ4v) is 2.61. The van der Waals surface area contributed by atoms with Crippen molar-refractivity contribution in [1.82, 2.24) is 9.97 Å². The van der Waals surface area contributed by atoms with E-state index in [9.17, 15) is 0 Å². The van der Waals surface area contributed by atoms with E-state index >= 15 is 0 Å². The smallest absolute Gasteiger partial charge is 0.224 e. The number of hydrogen-bond donors (Lipinski definition) is 2. The quantitative estimate of drug-likeness (QED) is 0.470. The molecule has 0 amide bonds. The van der Waals surface area contributed by atoms with Gasteiger partial charge in [-0.1, -0.05) is 5.92 Å². The molecule has 0 saturated heterocycles. The summed E-state index contributed by atoms with van der Waals surface area (Å²) in [5, 5.41) is 3.52. The molecule has 2 atom stereocenters. The lowest BCUT2D eigenvalue weighted by molar-refractivity contribution is -0.0969. The first-order valence-corrected chi connectivity index (χ1v) is 8.31. The molecule has 23 heavy (non-hydrogen) atoms. The van der Waals surface area contributed by atoms with Crippen LogP contribution in [0.3, 0.4) is 0 Å². The van der Waals surface area contributed by atoms with Crippen molar-refractivity contribution in [2.24, 2.45) is 5.73 Å². The minimum Gasteiger partial charge on any atom is -0.365 e. The molecule has 0 bridgehead atoms. The van der Waals surface area contributed by atoms with Gasteiger partial charge >= 0.3 is 0 Å². The molecule has 1 heterocycles. The van der Waals surface area contributed by atoms with E-state index in [1.807, 2.05) is 13.8 Å². The van der Waals surface area contributed by atoms with Crippen LogP contribution in [0.1, 0.15) is 38.7 Å². The van der Waals surface area contributed by atoms with E-state index in [0.29, 0.717) is 24.6 Å². The molecule has 2 rings (SSSR count). The highest BCUT2D eigenvalue weighted by atomic mass is 35.5. The first-order valence-electron chi connectivity index (χ1n) is 7.93. The molecule has 1 aliphatic carbocycles. The summed E-state index contributed by atoms with van der Waals surface area (Å²) in [5.41, 5.74) is 6.75. The Hall–Kier alpha value is -1.39. The van der Waals surface area contributed by atoms with Crippen LogP contribution in [-0.2, 0) is 9.47 Å². The summed E-state index contributed by atoms with van der Waals surface area (Å²) in [6.07, 6.45) is 4.15. The van der Waals surface area contributed by atoms with Gasteiger partial charge in [-0.05, 0) is 50.6 Å². The maximum absolute atomic E-state index is 6.10. The zero-order chi connectivity index (χ0) is 16.7. The Morgan fingerprint density at radius 1 is 1.39 bits per heavy atom. The molecule has 1 fully saturated rings. The highest BCUT2D eigenvalue weighted by molar-refractivity contribution is 6.28. The molecule has 3 N–H and O–H groups in total. The van der Waals surface area contributed by atoms with Gasteiger partial charge in [0.1, 0.15) is 5.82 Å². The first kappa shape index (κ1) is 18.0. The van der Waals surface area contributed by atoms with Gasteiger partial charge in [0.15, 0.2) is 0 Å². The van der Waals surface area contributed by atoms with E-state index in [-0.39, 0.29) is 17.4 Å². The fourth-order valence-electron chi connectivity index (χ4n) is 2.48. The van der Waals surface area contributed by atoms with Gasteiger partial charge in [0, 0.05) is 31.5 Å². The highest BCUT2D eigenvalue weighted by Gasteiger charge is 2.24. The van der Waals surface area contributed by atoms with Gasteiger partial charge in [-0.2, -0.15) is 4.98 Å². The number of halogens is 1. The van der Waals surface area contributed by atoms with E-state index in [4.69, 9.17) is 26.8 Å². The molecule has 1 aromatic rings. The van der Waals surface area contributed by atoms with Crippen molar-refractivity contribution in [3.63, 3.8) is 0 Å². The Morgan fingerprint density at radius 2 is 2.13 bits per heavy atom. The largest absolute Gasteiger partial charge is 0.365 e. The fraction of sp³-hybridized carbons (Fsp3) is 0.625. The van der Waals surface area contributed by atoms with Crippen molar-refractivity contribution in [1.29, 1.82) is 0 Å². The average molecular weight is 339 g/mol. The SMILES string of the molecule is CCOC(C#Cc1cnc(Cl)nc1N[C@H]1CCC[C@@H]1N)OCC. The summed E-state index contributed by atoms with van der Waals surface area (Å²) in [4.78, 5) is 8.25. The van der Waals surface area contributed by atoms with Crippen LogP contribution in [0.2, 0.25) is 5.28 Å². The molecule has 126 valence electrons. The molecule has 0 radical (unpaired) electrons. The summed E-state index contributed by atoms with van der Waals surface area (Å²) in [5.74, 6) is 6.56. The Morgan fingerprint density at radius 3 is 2.74 bits per heavy atom. The predicted molar refractivity (Wildman–Crippen MR) is 90.2 cm³/mol. The minimum atomic E-state index is -0.567. The summed E-state index contributed by atoms with van der Waals surface area (Å²) in [6.45, 7) is 4.85. The number of nitrogens with two attached hydrogens (primary N) is 1. The van der Waals surface area contributed by atoms with Crippen LogP contribution in [-0.4, -0.2) is 41.6 Å². The Labute approximate surface area is 142 Å². The third kappa shape index (κ3) is 5.33. The number of nitrogens with one attached hydrogen (secondary N) is 1. The van der Waals surface area contributed by atoms with Crippen LogP contribution in [0.25, 0.3) is 0 Å². The van der Waals surface area contributed by atoms with Crippen LogP contribution < -0.4 is 11.1 Å². The molecule has 0 aromatic carbocycles. The molecule has 6 nitrogen and oxygen atoms in total. The minimum absolute atomic E-state index is 0.115. The van der Waals surface area contributed by atoms with Crippen molar-refractivity contribution in [2.45, 2.75) is 51.5 Å². The highest BCUT2D eigenvalue weighted by Crippen LogP contribution is 2.23. The van der Waals surface area contributed by atoms with Crippen LogP contribution in [0.15, 0.2) is 6.20 Å². The number of aromatic nitrogens is 2. The molecule has 0 spiro atoms. The normalized spacial score (nSPS) is 20.4. The lowest BCUT2D eigenvalue weighted by atomic mass is 10.2. The molecule has 1 aromatic heterocycles. The lowest BCUT2D eigenvalue weighted by Crippen LogP contribution is -2.35. The molecular weight excluding hydrogens is 316 g/mol. The van der Waals surface area contributed by atoms with Gasteiger partial charge < -0.3 is 20.5 Å². The molecule has 0 aliphatic heterocycles. The van der Waals surface area contributed by atoms with Crippen molar-refractivity contribution in [2.75, 3.05) is 18.5 Å². The van der Waals surface area contributed by atoms with Crippen molar-refractivity contribution in [3.8, 4) is 11.8 Å². The Balaban J connectivity index is 2.17. The van der Waals surface area contributed by atoms with Crippen molar-refractivity contribution in [3.05, 3.63) is 17.0 Å². The molecule has 1 aliphatic rings. The number of hydrogen-bond acceptors (Lipinski definition) is 6. The summed E-state index contributed by atoms with van der Waals surface area (Å²) < 4.78 is 10.8. The third-order valence-electron chi connectivity index (χ3n) is 3.61. The van der Waals surface area contributed by atoms with Gasteiger partial charge in [-0.25, -0.2) is 4.98 Å². The van der Waals surface area contributed by atoms with Gasteiger partial charge in [0.05, 0.1) is 5.56 Å². The van der Waals surface area contributed by atoms with E-state index in [0.717, 1.165) is 19.3 Å². The summed E-state index contributed by atoms with van der Waals surface area (Å²) in [7, 11) is 0. The second-order valence-corrected chi connectivity index (χ2v) is 5.60. The zero-order valence-electron chi connectivity index (χ0n) is 13.5. The average Bonchev–Trinajstić information content (AvgIpc) is 2.92. The van der Waals surface area contributed by atoms with E-state index < -0.39 is 6.29 Å². The van der Waals surface area contributed by atoms with E-state index in [2.05, 4.69) is 27.1 Å². The van der Waals surface area contributed by atoms with Crippen molar-refractivity contribution >= 4 is 17.4 Å². The Kier molecular flexibility index (Phi) is 7.06. The number of anilines is 1. The molecule has 0 unspecified atom stereocenters. The predicted octanol–water partition coefficient (Wildman–Crippen LogP) is 2.17. The number of rotatable bonds is 6. The van der Waals surface area contributed by atoms with Crippen LogP contribution >= 0.6 is 11.6 Å². The van der Waals surface area contributed by atoms with E-state index in [1.165, 1.54) is 0 Å². The second kappa shape index (κ2) is 9.04. The van der Waals surface area contributed by atoms with Gasteiger partial charge in [0.2, 0.25) is 11.6 Å². The van der Waals surface area contributed by atoms with Crippen LogP contribution in [0, 0.1) is 11.8 Å². The summed E-state index contributed by atoms with van der Waals surface area (Å²) in [6, 6.07) is 0.292. The van der Waals surface area contributed by atoms with Gasteiger partial charge in [0.25, 0.3) is 0 Å². The van der Waals surface area contributed by atoms with Gasteiger partial charge in [-0.15, -0.1) is 0 Å². The maximum atomic E-state index is 6.10. The topological polar surface area (TPSA) is 82.3 Å². The lowest BCUT2D eigenvalue weighted by Gasteiger charge is -2.18. The van der Waals surface area contributed by atoms with E-state index in [1.54, 1.807) is 6.20 Å². The summed E-state index contributed by atoms with van der Waals surface area (Å²) >= 11 is 5.91. The molecular formula is C16H23ClN4O2. The monoisotopic (exact) mass is 338 g/mol. The van der Waals surface area contributed by atoms with Crippen LogP contribution in [0.4, 0.5) is 5.82 Å². The van der Waals surface area contributed by atoms with Crippen LogP contribution in [0.5, 0.6) is 0 Å². The second-order valence-electron chi connectivity index (χ2n) is 5.26. The number of nitrogens with zero attached hydrogens (tertiary/aromatic N) is 2. The van der Waals surface area contributed by atoms with Crippen molar-refractivity contribution < 1.29 is 9.47 Å². The first-order chi connectivity index (χ1) is 11.1. The molecule has 7 heteroatoms. The van der Waals surface area contributed by atoms with Gasteiger partial charge in [-0.3, -0.25) is 0 Å². The molecule has 1 saturated carbocycles. The standard InChI is InChI=1S/C16H23ClN4O2/c1-3-22-14(23-4-2)9-8-11-10-19-16(17)21-15(11)20-13-7-5-6-12(13)18/h10,12-14H,3-7,18H2,1-2H3,(H,19,20,21)/t12-,13-/m0/s1. The maximum Gasteiger partial charge on any atom is 0.224 e.